The van der Waals surface area contributed by atoms with Gasteiger partial charge in [-0.2, -0.15) is 5.48 Å². The van der Waals surface area contributed by atoms with Crippen molar-refractivity contribution in [1.29, 1.82) is 0 Å². The molecule has 1 aliphatic rings. The van der Waals surface area contributed by atoms with Gasteiger partial charge in [0.1, 0.15) is 0 Å². The highest BCUT2D eigenvalue weighted by atomic mass is 16.7. The molecule has 1 N–H and O–H groups in total. The lowest BCUT2D eigenvalue weighted by molar-refractivity contribution is -0.384. The van der Waals surface area contributed by atoms with Crippen LogP contribution in [0.15, 0.2) is 18.3 Å². The largest absolute Gasteiger partial charge is 0.434 e. The number of hydrogen-bond donors (Lipinski definition) is 1. The molecule has 1 aromatic heterocycles. The lowest BCUT2D eigenvalue weighted by Crippen LogP contribution is -2.37. The molecule has 0 bridgehead atoms. The number of amides is 1. The van der Waals surface area contributed by atoms with E-state index in [9.17, 15) is 14.9 Å². The van der Waals surface area contributed by atoms with E-state index in [2.05, 4.69) is 10.5 Å². The summed E-state index contributed by atoms with van der Waals surface area (Å²) in [6.45, 7) is 1.29. The van der Waals surface area contributed by atoms with Gasteiger partial charge in [-0.15, -0.1) is 0 Å². The Morgan fingerprint density at radius 2 is 2.16 bits per heavy atom. The van der Waals surface area contributed by atoms with Crippen LogP contribution < -0.4 is 5.48 Å². The maximum absolute atomic E-state index is 11.7. The third-order valence-corrected chi connectivity index (χ3v) is 2.83. The summed E-state index contributed by atoms with van der Waals surface area (Å²) in [6, 6.07) is 2.72. The van der Waals surface area contributed by atoms with Gasteiger partial charge in [-0.1, -0.05) is 0 Å². The van der Waals surface area contributed by atoms with Gasteiger partial charge in [0.15, 0.2) is 0 Å². The van der Waals surface area contributed by atoms with Gasteiger partial charge in [0, 0.05) is 25.4 Å². The molecule has 19 heavy (non-hydrogen) atoms. The molecule has 0 radical (unpaired) electrons. The van der Waals surface area contributed by atoms with E-state index in [-0.39, 0.29) is 11.5 Å². The molecule has 0 aromatic carbocycles. The fourth-order valence-corrected chi connectivity index (χ4v) is 1.86. The normalized spacial score (nSPS) is 14.8. The van der Waals surface area contributed by atoms with Gasteiger partial charge in [-0.25, -0.2) is 9.78 Å². The number of nitrogens with zero attached hydrogens (tertiary/aromatic N) is 3. The molecule has 1 aliphatic heterocycles. The topological polar surface area (TPSA) is 97.6 Å². The van der Waals surface area contributed by atoms with Crippen LogP contribution in [0.1, 0.15) is 19.3 Å². The van der Waals surface area contributed by atoms with Crippen molar-refractivity contribution in [2.45, 2.75) is 19.3 Å². The average Bonchev–Trinajstić information content (AvgIpc) is 2.46. The van der Waals surface area contributed by atoms with Crippen LogP contribution in [0.2, 0.25) is 0 Å². The van der Waals surface area contributed by atoms with Crippen molar-refractivity contribution >= 4 is 17.6 Å². The van der Waals surface area contributed by atoms with Crippen LogP contribution in [0, 0.1) is 10.1 Å². The Bertz CT molecular complexity index is 474. The number of carbonyl (C=O) groups is 1. The highest BCUT2D eigenvalue weighted by molar-refractivity contribution is 5.69. The first kappa shape index (κ1) is 13.1. The first-order valence-corrected chi connectivity index (χ1v) is 5.99. The lowest BCUT2D eigenvalue weighted by Gasteiger charge is -2.25. The number of pyridine rings is 1. The van der Waals surface area contributed by atoms with Crippen LogP contribution in [0.5, 0.6) is 0 Å². The van der Waals surface area contributed by atoms with Crippen molar-refractivity contribution in [2.75, 3.05) is 18.6 Å². The van der Waals surface area contributed by atoms with Crippen molar-refractivity contribution < 1.29 is 14.6 Å². The van der Waals surface area contributed by atoms with Crippen LogP contribution in [-0.4, -0.2) is 34.0 Å². The Morgan fingerprint density at radius 1 is 1.42 bits per heavy atom. The minimum atomic E-state index is -0.593. The second kappa shape index (κ2) is 5.98. The maximum atomic E-state index is 11.7. The molecule has 1 amide bonds. The Morgan fingerprint density at radius 3 is 2.84 bits per heavy atom. The van der Waals surface area contributed by atoms with Crippen LogP contribution in [0.4, 0.5) is 16.3 Å². The Labute approximate surface area is 109 Å². The third kappa shape index (κ3) is 3.30. The first-order chi connectivity index (χ1) is 9.18. The number of anilines is 1. The first-order valence-electron chi connectivity index (χ1n) is 5.99. The molecule has 2 heterocycles. The highest BCUT2D eigenvalue weighted by Gasteiger charge is 2.20. The second-order valence-corrected chi connectivity index (χ2v) is 4.15. The number of likely N-dealkylation sites (tertiary alicyclic amines) is 1. The van der Waals surface area contributed by atoms with E-state index in [1.807, 2.05) is 0 Å². The predicted octanol–water partition coefficient (Wildman–Crippen LogP) is 1.94. The van der Waals surface area contributed by atoms with Gasteiger partial charge in [-0.3, -0.25) is 10.1 Å². The molecule has 8 nitrogen and oxygen atoms in total. The fraction of sp³-hybridized carbons (Fsp3) is 0.455. The molecule has 2 rings (SSSR count). The SMILES string of the molecule is O=C(ONc1ncccc1[N+](=O)[O-])N1CCCCC1. The van der Waals surface area contributed by atoms with Gasteiger partial charge in [0.05, 0.1) is 4.92 Å². The number of rotatable bonds is 3. The van der Waals surface area contributed by atoms with Gasteiger partial charge >= 0.3 is 11.8 Å². The highest BCUT2D eigenvalue weighted by Crippen LogP contribution is 2.20. The van der Waals surface area contributed by atoms with Crippen molar-refractivity contribution in [3.8, 4) is 0 Å². The fourth-order valence-electron chi connectivity index (χ4n) is 1.86. The molecule has 1 saturated heterocycles. The molecule has 0 saturated carbocycles. The number of nitrogens with one attached hydrogen (secondary N) is 1. The summed E-state index contributed by atoms with van der Waals surface area (Å²) in [5.74, 6) is -0.0853. The standard InChI is InChI=1S/C11H14N4O4/c16-11(14-7-2-1-3-8-14)19-13-10-9(15(17)18)5-4-6-12-10/h4-6H,1-3,7-8H2,(H,12,13). The van der Waals surface area contributed by atoms with Crippen LogP contribution >= 0.6 is 0 Å². The zero-order chi connectivity index (χ0) is 13.7. The smallest absolute Gasteiger partial charge is 0.322 e. The van der Waals surface area contributed by atoms with Crippen molar-refractivity contribution in [1.82, 2.24) is 9.88 Å². The van der Waals surface area contributed by atoms with Gasteiger partial charge < -0.3 is 9.74 Å². The van der Waals surface area contributed by atoms with Gasteiger partial charge in [0.2, 0.25) is 5.82 Å². The Kier molecular flexibility index (Phi) is 4.11. The van der Waals surface area contributed by atoms with Gasteiger partial charge in [-0.05, 0) is 25.3 Å². The molecule has 8 heteroatoms. The average molecular weight is 266 g/mol. The van der Waals surface area contributed by atoms with Crippen molar-refractivity contribution in [2.24, 2.45) is 0 Å². The second-order valence-electron chi connectivity index (χ2n) is 4.15. The molecule has 0 atom stereocenters. The number of carbonyl (C=O) groups excluding carboxylic acids is 1. The minimum Gasteiger partial charge on any atom is -0.322 e. The quantitative estimate of drug-likeness (QED) is 0.663. The monoisotopic (exact) mass is 266 g/mol. The Balaban J connectivity index is 1.94. The minimum absolute atomic E-state index is 0.0853. The number of aromatic nitrogens is 1. The van der Waals surface area contributed by atoms with Crippen LogP contribution in [-0.2, 0) is 4.84 Å². The molecule has 1 aromatic rings. The van der Waals surface area contributed by atoms with E-state index in [0.717, 1.165) is 19.3 Å². The summed E-state index contributed by atoms with van der Waals surface area (Å²) >= 11 is 0. The summed E-state index contributed by atoms with van der Waals surface area (Å²) in [4.78, 5) is 32.0. The summed E-state index contributed by atoms with van der Waals surface area (Å²) in [7, 11) is 0. The predicted molar refractivity (Wildman–Crippen MR) is 66.4 cm³/mol. The molecule has 0 unspecified atom stereocenters. The number of hydrogen-bond acceptors (Lipinski definition) is 6. The summed E-state index contributed by atoms with van der Waals surface area (Å²) < 4.78 is 0. The lowest BCUT2D eigenvalue weighted by atomic mass is 10.1. The van der Waals surface area contributed by atoms with E-state index >= 15 is 0 Å². The Hall–Kier alpha value is -2.38. The molecule has 0 spiro atoms. The number of nitro groups is 1. The molecular formula is C11H14N4O4. The summed E-state index contributed by atoms with van der Waals surface area (Å²) in [5, 5.41) is 10.7. The van der Waals surface area contributed by atoms with Crippen molar-refractivity contribution in [3.05, 3.63) is 28.4 Å². The van der Waals surface area contributed by atoms with E-state index in [1.165, 1.54) is 18.3 Å². The summed E-state index contributed by atoms with van der Waals surface area (Å²) in [6.07, 6.45) is 3.82. The molecule has 0 aliphatic carbocycles. The summed E-state index contributed by atoms with van der Waals surface area (Å²) in [5.41, 5.74) is 2.01. The van der Waals surface area contributed by atoms with E-state index in [1.54, 1.807) is 4.90 Å². The van der Waals surface area contributed by atoms with Crippen LogP contribution in [0.25, 0.3) is 0 Å². The molecule has 102 valence electrons. The van der Waals surface area contributed by atoms with Crippen LogP contribution in [0.3, 0.4) is 0 Å². The van der Waals surface area contributed by atoms with Gasteiger partial charge in [0.25, 0.3) is 0 Å². The third-order valence-electron chi connectivity index (χ3n) is 2.83. The van der Waals surface area contributed by atoms with Crippen molar-refractivity contribution in [3.63, 3.8) is 0 Å². The van der Waals surface area contributed by atoms with E-state index < -0.39 is 11.0 Å². The molecule has 1 fully saturated rings. The van der Waals surface area contributed by atoms with E-state index in [4.69, 9.17) is 4.84 Å². The maximum Gasteiger partial charge on any atom is 0.434 e. The number of piperidine rings is 1. The zero-order valence-electron chi connectivity index (χ0n) is 10.2. The zero-order valence-corrected chi connectivity index (χ0v) is 10.2. The van der Waals surface area contributed by atoms with E-state index in [0.29, 0.717) is 13.1 Å². The molecular weight excluding hydrogens is 252 g/mol.